The minimum Gasteiger partial charge on any atom is -0.452 e. The fourth-order valence-corrected chi connectivity index (χ4v) is 1.45. The number of hydrogen-bond acceptors (Lipinski definition) is 4. The molecule has 17 heavy (non-hydrogen) atoms. The Kier molecular flexibility index (Phi) is 3.39. The Labute approximate surface area is 100 Å². The van der Waals surface area contributed by atoms with E-state index in [2.05, 4.69) is 23.9 Å². The lowest BCUT2D eigenvalue weighted by Gasteiger charge is -2.07. The monoisotopic (exact) mass is 232 g/mol. The van der Waals surface area contributed by atoms with Crippen molar-refractivity contribution < 1.29 is 4.74 Å². The maximum absolute atomic E-state index is 5.71. The molecule has 0 fully saturated rings. The van der Waals surface area contributed by atoms with Gasteiger partial charge in [0.1, 0.15) is 5.75 Å². The Morgan fingerprint density at radius 1 is 1.47 bits per heavy atom. The fourth-order valence-electron chi connectivity index (χ4n) is 1.45. The van der Waals surface area contributed by atoms with Crippen LogP contribution in [0.3, 0.4) is 0 Å². The molecular formula is C12H16N4O. The first-order valence-electron chi connectivity index (χ1n) is 5.56. The third kappa shape index (κ3) is 2.62. The van der Waals surface area contributed by atoms with Crippen molar-refractivity contribution in [2.24, 2.45) is 5.73 Å². The summed E-state index contributed by atoms with van der Waals surface area (Å²) in [4.78, 5) is 4.16. The summed E-state index contributed by atoms with van der Waals surface area (Å²) >= 11 is 0. The van der Waals surface area contributed by atoms with Crippen LogP contribution in [-0.2, 0) is 6.54 Å². The predicted octanol–water partition coefficient (Wildman–Crippen LogP) is 2.11. The predicted molar refractivity (Wildman–Crippen MR) is 64.8 cm³/mol. The molecule has 0 bridgehead atoms. The number of aromatic nitrogens is 3. The summed E-state index contributed by atoms with van der Waals surface area (Å²) in [6.07, 6.45) is 5.25. The van der Waals surface area contributed by atoms with E-state index in [1.807, 2.05) is 23.0 Å². The van der Waals surface area contributed by atoms with Gasteiger partial charge in [0.15, 0.2) is 5.75 Å². The minimum absolute atomic E-state index is 0.315. The van der Waals surface area contributed by atoms with Gasteiger partial charge in [-0.25, -0.2) is 0 Å². The van der Waals surface area contributed by atoms with Gasteiger partial charge in [-0.15, -0.1) is 0 Å². The summed E-state index contributed by atoms with van der Waals surface area (Å²) in [7, 11) is 0. The first-order chi connectivity index (χ1) is 8.20. The molecule has 5 heteroatoms. The highest BCUT2D eigenvalue weighted by atomic mass is 16.5. The van der Waals surface area contributed by atoms with Crippen LogP contribution < -0.4 is 10.5 Å². The zero-order valence-electron chi connectivity index (χ0n) is 10.00. The second-order valence-corrected chi connectivity index (χ2v) is 4.00. The van der Waals surface area contributed by atoms with Crippen molar-refractivity contribution in [1.29, 1.82) is 0 Å². The van der Waals surface area contributed by atoms with Crippen LogP contribution in [0, 0.1) is 0 Å². The molecule has 0 radical (unpaired) electrons. The van der Waals surface area contributed by atoms with Gasteiger partial charge in [-0.2, -0.15) is 5.10 Å². The third-order valence-corrected chi connectivity index (χ3v) is 2.38. The largest absolute Gasteiger partial charge is 0.452 e. The fraction of sp³-hybridized carbons (Fsp3) is 0.333. The van der Waals surface area contributed by atoms with Gasteiger partial charge < -0.3 is 10.5 Å². The lowest BCUT2D eigenvalue weighted by molar-refractivity contribution is 0.468. The van der Waals surface area contributed by atoms with Crippen molar-refractivity contribution in [3.8, 4) is 11.5 Å². The van der Waals surface area contributed by atoms with Gasteiger partial charge in [-0.1, -0.05) is 0 Å². The summed E-state index contributed by atoms with van der Waals surface area (Å²) in [6, 6.07) is 3.98. The molecule has 0 saturated heterocycles. The number of pyridine rings is 1. The molecule has 0 aliphatic rings. The Bertz CT molecular complexity index is 493. The highest BCUT2D eigenvalue weighted by molar-refractivity contribution is 5.31. The summed E-state index contributed by atoms with van der Waals surface area (Å²) in [6.45, 7) is 4.48. The zero-order valence-corrected chi connectivity index (χ0v) is 10.00. The molecule has 5 nitrogen and oxygen atoms in total. The van der Waals surface area contributed by atoms with E-state index in [9.17, 15) is 0 Å². The first-order valence-corrected chi connectivity index (χ1v) is 5.56. The van der Waals surface area contributed by atoms with Crippen molar-refractivity contribution in [3.63, 3.8) is 0 Å². The maximum atomic E-state index is 5.71. The van der Waals surface area contributed by atoms with E-state index in [1.165, 1.54) is 0 Å². The molecule has 0 saturated carbocycles. The summed E-state index contributed by atoms with van der Waals surface area (Å²) in [5.41, 5.74) is 6.33. The van der Waals surface area contributed by atoms with Gasteiger partial charge in [-0.05, 0) is 26.0 Å². The molecule has 0 amide bonds. The molecule has 2 heterocycles. The minimum atomic E-state index is 0.315. The van der Waals surface area contributed by atoms with Gasteiger partial charge in [0.2, 0.25) is 0 Å². The third-order valence-electron chi connectivity index (χ3n) is 2.38. The quantitative estimate of drug-likeness (QED) is 0.876. The molecule has 0 spiro atoms. The van der Waals surface area contributed by atoms with Gasteiger partial charge >= 0.3 is 0 Å². The number of ether oxygens (including phenoxy) is 1. The van der Waals surface area contributed by atoms with Crippen molar-refractivity contribution in [1.82, 2.24) is 14.8 Å². The lowest BCUT2D eigenvalue weighted by Crippen LogP contribution is -2.02. The van der Waals surface area contributed by atoms with E-state index >= 15 is 0 Å². The van der Waals surface area contributed by atoms with Gasteiger partial charge in [-0.3, -0.25) is 9.67 Å². The number of hydrogen-bond donors (Lipinski definition) is 1. The molecule has 90 valence electrons. The van der Waals surface area contributed by atoms with E-state index in [0.29, 0.717) is 24.1 Å². The molecule has 0 aliphatic heterocycles. The Balaban J connectivity index is 2.19. The second-order valence-electron chi connectivity index (χ2n) is 4.00. The standard InChI is InChI=1S/C12H16N4O/c1-9(2)16-8-10(7-15-16)17-12-4-3-5-14-11(12)6-13/h3-5,7-9H,6,13H2,1-2H3. The Morgan fingerprint density at radius 2 is 2.29 bits per heavy atom. The molecule has 0 aromatic carbocycles. The van der Waals surface area contributed by atoms with Crippen LogP contribution in [0.5, 0.6) is 11.5 Å². The normalized spacial score (nSPS) is 10.8. The van der Waals surface area contributed by atoms with Crippen LogP contribution in [0.4, 0.5) is 0 Å². The van der Waals surface area contributed by atoms with Crippen LogP contribution >= 0.6 is 0 Å². The maximum Gasteiger partial charge on any atom is 0.165 e. The molecule has 2 rings (SSSR count). The van der Waals surface area contributed by atoms with Gasteiger partial charge in [0.05, 0.1) is 18.1 Å². The van der Waals surface area contributed by atoms with Crippen molar-refractivity contribution >= 4 is 0 Å². The number of nitrogens with two attached hydrogens (primary N) is 1. The molecule has 2 aromatic heterocycles. The van der Waals surface area contributed by atoms with E-state index in [0.717, 1.165) is 5.69 Å². The zero-order chi connectivity index (χ0) is 12.3. The van der Waals surface area contributed by atoms with E-state index in [-0.39, 0.29) is 0 Å². The molecule has 0 unspecified atom stereocenters. The van der Waals surface area contributed by atoms with Crippen molar-refractivity contribution in [2.45, 2.75) is 26.4 Å². The van der Waals surface area contributed by atoms with Crippen LogP contribution in [0.1, 0.15) is 25.6 Å². The second kappa shape index (κ2) is 4.97. The molecular weight excluding hydrogens is 216 g/mol. The van der Waals surface area contributed by atoms with Crippen molar-refractivity contribution in [2.75, 3.05) is 0 Å². The summed E-state index contributed by atoms with van der Waals surface area (Å²) in [5, 5.41) is 4.21. The highest BCUT2D eigenvalue weighted by Crippen LogP contribution is 2.23. The average molecular weight is 232 g/mol. The molecule has 2 aromatic rings. The van der Waals surface area contributed by atoms with E-state index in [1.54, 1.807) is 12.4 Å². The van der Waals surface area contributed by atoms with Crippen LogP contribution in [0.15, 0.2) is 30.7 Å². The summed E-state index contributed by atoms with van der Waals surface area (Å²) < 4.78 is 7.55. The Hall–Kier alpha value is -1.88. The number of rotatable bonds is 4. The smallest absolute Gasteiger partial charge is 0.165 e. The van der Waals surface area contributed by atoms with Crippen molar-refractivity contribution in [3.05, 3.63) is 36.4 Å². The topological polar surface area (TPSA) is 66.0 Å². The number of nitrogens with zero attached hydrogens (tertiary/aromatic N) is 3. The summed E-state index contributed by atoms with van der Waals surface area (Å²) in [5.74, 6) is 1.37. The van der Waals surface area contributed by atoms with Gasteiger partial charge in [0.25, 0.3) is 0 Å². The molecule has 2 N–H and O–H groups in total. The highest BCUT2D eigenvalue weighted by Gasteiger charge is 2.07. The Morgan fingerprint density at radius 3 is 2.94 bits per heavy atom. The molecule has 0 aliphatic carbocycles. The van der Waals surface area contributed by atoms with Crippen LogP contribution in [0.25, 0.3) is 0 Å². The average Bonchev–Trinajstić information content (AvgIpc) is 2.78. The first kappa shape index (κ1) is 11.6. The molecule has 0 atom stereocenters. The van der Waals surface area contributed by atoms with E-state index in [4.69, 9.17) is 10.5 Å². The van der Waals surface area contributed by atoms with Crippen LogP contribution in [-0.4, -0.2) is 14.8 Å². The van der Waals surface area contributed by atoms with Crippen LogP contribution in [0.2, 0.25) is 0 Å². The van der Waals surface area contributed by atoms with Gasteiger partial charge in [0, 0.05) is 18.8 Å². The SMILES string of the molecule is CC(C)n1cc(Oc2cccnc2CN)cn1. The lowest BCUT2D eigenvalue weighted by atomic mass is 10.3. The van der Waals surface area contributed by atoms with E-state index < -0.39 is 0 Å².